The molecule has 0 unspecified atom stereocenters. The molecule has 0 N–H and O–H groups in total. The predicted octanol–water partition coefficient (Wildman–Crippen LogP) is 2.57. The van der Waals surface area contributed by atoms with Crippen molar-refractivity contribution in [1.29, 1.82) is 0 Å². The van der Waals surface area contributed by atoms with E-state index in [2.05, 4.69) is 6.92 Å². The van der Waals surface area contributed by atoms with Crippen molar-refractivity contribution in [2.24, 2.45) is 5.92 Å². The average molecular weight is 220 g/mol. The van der Waals surface area contributed by atoms with Crippen LogP contribution in [0, 0.1) is 5.92 Å². The molecule has 86 valence electrons. The molecule has 1 aliphatic carbocycles. The zero-order chi connectivity index (χ0) is 11.5. The van der Waals surface area contributed by atoms with E-state index in [1.807, 2.05) is 18.2 Å². The topological polar surface area (TPSA) is 35.5 Å². The van der Waals surface area contributed by atoms with Crippen LogP contribution in [0.4, 0.5) is 0 Å². The van der Waals surface area contributed by atoms with Crippen LogP contribution < -0.4 is 9.47 Å². The van der Waals surface area contributed by atoms with Crippen molar-refractivity contribution in [3.05, 3.63) is 23.8 Å². The number of aryl methyl sites for hydroxylation is 1. The molecular formula is C13H16O3. The van der Waals surface area contributed by atoms with E-state index < -0.39 is 0 Å². The molecule has 0 aromatic heterocycles. The Morgan fingerprint density at radius 3 is 2.69 bits per heavy atom. The highest BCUT2D eigenvalue weighted by atomic mass is 16.6. The van der Waals surface area contributed by atoms with Gasteiger partial charge in [0.2, 0.25) is 0 Å². The van der Waals surface area contributed by atoms with E-state index in [0.717, 1.165) is 24.8 Å². The van der Waals surface area contributed by atoms with Gasteiger partial charge in [0.15, 0.2) is 11.5 Å². The summed E-state index contributed by atoms with van der Waals surface area (Å²) >= 11 is 0. The fraction of sp³-hybridized carbons (Fsp3) is 0.462. The summed E-state index contributed by atoms with van der Waals surface area (Å²) in [6.45, 7) is 2.06. The van der Waals surface area contributed by atoms with Gasteiger partial charge in [-0.05, 0) is 37.0 Å². The monoisotopic (exact) mass is 220 g/mol. The van der Waals surface area contributed by atoms with E-state index in [4.69, 9.17) is 9.47 Å². The highest BCUT2D eigenvalue weighted by molar-refractivity contribution is 5.78. The number of esters is 1. The number of benzene rings is 1. The molecule has 0 spiro atoms. The third-order valence-corrected chi connectivity index (χ3v) is 2.76. The summed E-state index contributed by atoms with van der Waals surface area (Å²) in [6.07, 6.45) is 2.82. The number of hydrogen-bond acceptors (Lipinski definition) is 3. The van der Waals surface area contributed by atoms with E-state index in [-0.39, 0.29) is 11.9 Å². The smallest absolute Gasteiger partial charge is 0.314 e. The SMILES string of the molecule is CCc1ccc(OC)c(OC(=O)C2CC2)c1. The Balaban J connectivity index is 2.18. The fourth-order valence-corrected chi connectivity index (χ4v) is 1.53. The van der Waals surface area contributed by atoms with Crippen molar-refractivity contribution < 1.29 is 14.3 Å². The van der Waals surface area contributed by atoms with Crippen molar-refractivity contribution in [1.82, 2.24) is 0 Å². The van der Waals surface area contributed by atoms with Crippen molar-refractivity contribution in [2.75, 3.05) is 7.11 Å². The fourth-order valence-electron chi connectivity index (χ4n) is 1.53. The van der Waals surface area contributed by atoms with Crippen molar-refractivity contribution >= 4 is 5.97 Å². The second-order valence-electron chi connectivity index (χ2n) is 4.03. The van der Waals surface area contributed by atoms with E-state index in [0.29, 0.717) is 11.5 Å². The molecule has 1 aromatic rings. The minimum Gasteiger partial charge on any atom is -0.493 e. The minimum atomic E-state index is -0.133. The maximum atomic E-state index is 11.6. The highest BCUT2D eigenvalue weighted by Gasteiger charge is 2.32. The Bertz CT molecular complexity index is 394. The van der Waals surface area contributed by atoms with Gasteiger partial charge in [0.25, 0.3) is 0 Å². The first-order valence-corrected chi connectivity index (χ1v) is 5.63. The lowest BCUT2D eigenvalue weighted by molar-refractivity contribution is -0.135. The molecule has 0 atom stereocenters. The first-order chi connectivity index (χ1) is 7.74. The molecule has 1 saturated carbocycles. The predicted molar refractivity (Wildman–Crippen MR) is 60.7 cm³/mol. The van der Waals surface area contributed by atoms with E-state index in [1.54, 1.807) is 7.11 Å². The van der Waals surface area contributed by atoms with Gasteiger partial charge in [-0.1, -0.05) is 13.0 Å². The van der Waals surface area contributed by atoms with E-state index in [1.165, 1.54) is 0 Å². The van der Waals surface area contributed by atoms with Crippen molar-refractivity contribution in [3.63, 3.8) is 0 Å². The Morgan fingerprint density at radius 2 is 2.12 bits per heavy atom. The lowest BCUT2D eigenvalue weighted by atomic mass is 10.1. The molecule has 0 saturated heterocycles. The molecule has 0 bridgehead atoms. The number of hydrogen-bond donors (Lipinski definition) is 0. The van der Waals surface area contributed by atoms with Gasteiger partial charge in [-0.25, -0.2) is 0 Å². The summed E-state index contributed by atoms with van der Waals surface area (Å²) < 4.78 is 10.5. The largest absolute Gasteiger partial charge is 0.493 e. The molecule has 16 heavy (non-hydrogen) atoms. The summed E-state index contributed by atoms with van der Waals surface area (Å²) in [7, 11) is 1.58. The highest BCUT2D eigenvalue weighted by Crippen LogP contribution is 2.34. The van der Waals surface area contributed by atoms with Gasteiger partial charge in [-0.15, -0.1) is 0 Å². The summed E-state index contributed by atoms with van der Waals surface area (Å²) in [5.41, 5.74) is 1.14. The molecular weight excluding hydrogens is 204 g/mol. The molecule has 3 heteroatoms. The van der Waals surface area contributed by atoms with Crippen LogP contribution in [0.3, 0.4) is 0 Å². The van der Waals surface area contributed by atoms with Crippen LogP contribution in [0.25, 0.3) is 0 Å². The number of carbonyl (C=O) groups excluding carboxylic acids is 1. The third-order valence-electron chi connectivity index (χ3n) is 2.76. The van der Waals surface area contributed by atoms with Crippen LogP contribution in [-0.2, 0) is 11.2 Å². The number of carbonyl (C=O) groups is 1. The molecule has 0 aliphatic heterocycles. The van der Waals surface area contributed by atoms with Gasteiger partial charge < -0.3 is 9.47 Å². The quantitative estimate of drug-likeness (QED) is 0.578. The number of methoxy groups -OCH3 is 1. The molecule has 1 fully saturated rings. The van der Waals surface area contributed by atoms with Gasteiger partial charge in [0.05, 0.1) is 13.0 Å². The Morgan fingerprint density at radius 1 is 1.38 bits per heavy atom. The number of rotatable bonds is 4. The lowest BCUT2D eigenvalue weighted by Gasteiger charge is -2.10. The second kappa shape index (κ2) is 4.56. The molecule has 3 nitrogen and oxygen atoms in total. The van der Waals surface area contributed by atoms with Crippen molar-refractivity contribution in [2.45, 2.75) is 26.2 Å². The lowest BCUT2D eigenvalue weighted by Crippen LogP contribution is -2.10. The molecule has 0 radical (unpaired) electrons. The van der Waals surface area contributed by atoms with Crippen LogP contribution >= 0.6 is 0 Å². The third kappa shape index (κ3) is 2.35. The van der Waals surface area contributed by atoms with Crippen molar-refractivity contribution in [3.8, 4) is 11.5 Å². The average Bonchev–Trinajstić information content (AvgIpc) is 3.12. The second-order valence-corrected chi connectivity index (χ2v) is 4.03. The standard InChI is InChI=1S/C13H16O3/c1-3-9-4-7-11(15-2)12(8-9)16-13(14)10-5-6-10/h4,7-8,10H,3,5-6H2,1-2H3. The maximum absolute atomic E-state index is 11.6. The van der Waals surface area contributed by atoms with Crippen LogP contribution in [0.2, 0.25) is 0 Å². The van der Waals surface area contributed by atoms with Gasteiger partial charge in [0.1, 0.15) is 0 Å². The first kappa shape index (κ1) is 11.0. The maximum Gasteiger partial charge on any atom is 0.314 e. The summed E-state index contributed by atoms with van der Waals surface area (Å²) in [5, 5.41) is 0. The zero-order valence-corrected chi connectivity index (χ0v) is 9.66. The normalized spacial score (nSPS) is 14.6. The summed E-state index contributed by atoms with van der Waals surface area (Å²) in [4.78, 5) is 11.6. The van der Waals surface area contributed by atoms with Gasteiger partial charge in [0, 0.05) is 0 Å². The van der Waals surface area contributed by atoms with Gasteiger partial charge in [-0.2, -0.15) is 0 Å². The first-order valence-electron chi connectivity index (χ1n) is 5.63. The molecule has 1 aromatic carbocycles. The summed E-state index contributed by atoms with van der Waals surface area (Å²) in [5.74, 6) is 1.13. The zero-order valence-electron chi connectivity index (χ0n) is 9.66. The molecule has 1 aliphatic rings. The Labute approximate surface area is 95.4 Å². The molecule has 0 heterocycles. The summed E-state index contributed by atoms with van der Waals surface area (Å²) in [6, 6.07) is 5.70. The number of ether oxygens (including phenoxy) is 2. The van der Waals surface area contributed by atoms with Gasteiger partial charge in [-0.3, -0.25) is 4.79 Å². The van der Waals surface area contributed by atoms with Crippen LogP contribution in [-0.4, -0.2) is 13.1 Å². The van der Waals surface area contributed by atoms with Crippen LogP contribution in [0.5, 0.6) is 11.5 Å². The molecule has 2 rings (SSSR count). The Kier molecular flexibility index (Phi) is 3.13. The van der Waals surface area contributed by atoms with E-state index in [9.17, 15) is 4.79 Å². The van der Waals surface area contributed by atoms with E-state index >= 15 is 0 Å². The van der Waals surface area contributed by atoms with Crippen LogP contribution in [0.1, 0.15) is 25.3 Å². The van der Waals surface area contributed by atoms with Crippen LogP contribution in [0.15, 0.2) is 18.2 Å². The minimum absolute atomic E-state index is 0.106. The molecule has 0 amide bonds. The van der Waals surface area contributed by atoms with Gasteiger partial charge >= 0.3 is 5.97 Å². The Hall–Kier alpha value is -1.51.